The van der Waals surface area contributed by atoms with Crippen molar-refractivity contribution < 1.29 is 37.6 Å². The Hall–Kier alpha value is -2.61. The molecule has 7 N–H and O–H groups in total. The Morgan fingerprint density at radius 3 is 2.84 bits per heavy atom. The second-order valence-corrected chi connectivity index (χ2v) is 14.2. The van der Waals surface area contributed by atoms with Crippen LogP contribution in [0, 0.1) is 0 Å². The highest BCUT2D eigenvalue weighted by Gasteiger charge is 2.45. The Labute approximate surface area is 252 Å². The van der Waals surface area contributed by atoms with E-state index in [1.54, 1.807) is 12.3 Å². The number of hydrogen-bond donors (Lipinski definition) is 6. The lowest BCUT2D eigenvalue weighted by atomic mass is 10.1. The van der Waals surface area contributed by atoms with E-state index in [0.29, 0.717) is 17.0 Å². The highest BCUT2D eigenvalue weighted by molar-refractivity contribution is 8.39. The molecule has 4 aromatic heterocycles. The number of imidazole rings is 2. The maximum Gasteiger partial charge on any atom is 0.582 e. The van der Waals surface area contributed by atoms with E-state index in [9.17, 15) is 19.4 Å². The third-order valence-electron chi connectivity index (χ3n) is 6.96. The summed E-state index contributed by atoms with van der Waals surface area (Å²) in [5, 5.41) is 14.0. The number of rotatable bonds is 10. The molecule has 6 rings (SSSR count). The number of hydrogen-bond acceptors (Lipinski definition) is 15. The minimum Gasteiger partial charge on any atom is -0.396 e. The van der Waals surface area contributed by atoms with E-state index >= 15 is 0 Å². The van der Waals surface area contributed by atoms with Crippen LogP contribution in [0.15, 0.2) is 29.6 Å². The van der Waals surface area contributed by atoms with Crippen LogP contribution in [0.2, 0.25) is 0 Å². The van der Waals surface area contributed by atoms with Gasteiger partial charge in [-0.3, -0.25) is 14.3 Å². The van der Waals surface area contributed by atoms with E-state index < -0.39 is 56.3 Å². The van der Waals surface area contributed by atoms with Crippen LogP contribution in [0.3, 0.4) is 0 Å². The molecule has 0 bridgehead atoms. The Balaban J connectivity index is 1.18. The monoisotopic (exact) mass is 674 g/mol. The van der Waals surface area contributed by atoms with Crippen LogP contribution in [-0.2, 0) is 39.4 Å². The van der Waals surface area contributed by atoms with Crippen LogP contribution in [0.1, 0.15) is 30.9 Å². The highest BCUT2D eigenvalue weighted by Crippen LogP contribution is 2.51. The first kappa shape index (κ1) is 30.4. The van der Waals surface area contributed by atoms with E-state index in [4.69, 9.17) is 46.3 Å². The van der Waals surface area contributed by atoms with Gasteiger partial charge in [-0.1, -0.05) is 0 Å². The van der Waals surface area contributed by atoms with Crippen molar-refractivity contribution in [2.75, 3.05) is 24.7 Å². The van der Waals surface area contributed by atoms with E-state index in [1.165, 1.54) is 21.6 Å². The maximum atomic E-state index is 12.2. The molecule has 6 heterocycles. The van der Waals surface area contributed by atoms with Crippen LogP contribution in [-0.4, -0.2) is 81.7 Å². The van der Waals surface area contributed by atoms with E-state index in [-0.39, 0.29) is 43.2 Å². The number of aliphatic hydroxyl groups excluding tert-OH is 1. The smallest absolute Gasteiger partial charge is 0.396 e. The van der Waals surface area contributed by atoms with Crippen LogP contribution < -0.4 is 17.0 Å². The van der Waals surface area contributed by atoms with Crippen molar-refractivity contribution in [2.24, 2.45) is 0 Å². The molecule has 18 nitrogen and oxygen atoms in total. The van der Waals surface area contributed by atoms with E-state index in [2.05, 4.69) is 37.3 Å². The molecule has 0 spiro atoms. The number of nitrogens with one attached hydrogen (secondary N) is 1. The summed E-state index contributed by atoms with van der Waals surface area (Å²) in [7, 11) is -2.31. The van der Waals surface area contributed by atoms with Crippen LogP contribution >= 0.6 is 26.2 Å². The van der Waals surface area contributed by atoms with Gasteiger partial charge >= 0.3 is 13.9 Å². The van der Waals surface area contributed by atoms with Crippen LogP contribution in [0.5, 0.6) is 0 Å². The largest absolute Gasteiger partial charge is 0.582 e. The van der Waals surface area contributed by atoms with E-state index in [0.717, 1.165) is 0 Å². The molecule has 8 atom stereocenters. The number of aromatic amines is 1. The molecule has 0 saturated carbocycles. The fourth-order valence-electron chi connectivity index (χ4n) is 5.10. The average molecular weight is 675 g/mol. The van der Waals surface area contributed by atoms with Gasteiger partial charge in [-0.05, 0) is 22.4 Å². The number of anilines is 2. The summed E-state index contributed by atoms with van der Waals surface area (Å²) in [6.07, 6.45) is -0.00900. The summed E-state index contributed by atoms with van der Waals surface area (Å²) in [5.74, 6) is -0.137. The number of nitrogen functional groups attached to an aromatic ring is 2. The number of thiol groups is 1. The predicted octanol–water partition coefficient (Wildman–Crippen LogP) is 0.728. The number of fused-ring (bicyclic) bond motifs is 2. The minimum atomic E-state index is -3.98. The van der Waals surface area contributed by atoms with Crippen molar-refractivity contribution in [1.29, 1.82) is 0 Å². The van der Waals surface area contributed by atoms with Crippen molar-refractivity contribution in [2.45, 2.75) is 49.6 Å². The Kier molecular flexibility index (Phi) is 8.53. The molecular formula is C21H26N9O9P2S2+. The summed E-state index contributed by atoms with van der Waals surface area (Å²) in [5.41, 5.74) is 12.7. The average Bonchev–Trinajstić information content (AvgIpc) is 3.72. The molecule has 43 heavy (non-hydrogen) atoms. The quantitative estimate of drug-likeness (QED) is 0.100. The second kappa shape index (κ2) is 12.1. The van der Waals surface area contributed by atoms with Gasteiger partial charge in [-0.25, -0.2) is 14.5 Å². The zero-order chi connectivity index (χ0) is 30.5. The van der Waals surface area contributed by atoms with Gasteiger partial charge in [0.2, 0.25) is 5.95 Å². The molecule has 2 fully saturated rings. The lowest BCUT2D eigenvalue weighted by Crippen LogP contribution is -2.28. The second-order valence-electron chi connectivity index (χ2n) is 9.74. The maximum absolute atomic E-state index is 12.2. The van der Waals surface area contributed by atoms with Gasteiger partial charge in [-0.2, -0.15) is 10.1 Å². The van der Waals surface area contributed by atoms with E-state index in [1.807, 2.05) is 0 Å². The minimum absolute atomic E-state index is 0.00836. The Bertz CT molecular complexity index is 1790. The summed E-state index contributed by atoms with van der Waals surface area (Å²) in [6, 6.07) is 1.62. The van der Waals surface area contributed by atoms with Crippen LogP contribution in [0.25, 0.3) is 16.8 Å². The standard InChI is InChI=1S/C21H25N9O9P2S2/c22-10-1-2-26-30-11(5-24-17(10)30)12-4-13(38-40(33)42)15(37-12)7-35-41(34,43)39-14-3-9(6-31)36-20(14)29-8-25-16-18(29)27-21(23)28-19(16)32/h1-2,5,8-9,12-15,20,31H,3-4,6-7H2,(H6-,22,23,26,27,28,32,33,34,42,43)/p+1/t9-,12+,13-,14+,15+,20+,41?/m0/s1. The Morgan fingerprint density at radius 2 is 2.07 bits per heavy atom. The third kappa shape index (κ3) is 6.18. The molecule has 0 radical (unpaired) electrons. The topological polar surface area (TPSA) is 249 Å². The fourth-order valence-corrected chi connectivity index (χ4v) is 7.36. The lowest BCUT2D eigenvalue weighted by Gasteiger charge is -2.25. The van der Waals surface area contributed by atoms with Gasteiger partial charge in [0.25, 0.3) is 5.56 Å². The number of nitrogens with two attached hydrogens (primary N) is 2. The number of aliphatic hydroxyl groups is 1. The van der Waals surface area contributed by atoms with Gasteiger partial charge < -0.3 is 40.0 Å². The Morgan fingerprint density at radius 1 is 1.26 bits per heavy atom. The summed E-state index contributed by atoms with van der Waals surface area (Å²) < 4.78 is 43.8. The molecule has 2 saturated heterocycles. The van der Waals surface area contributed by atoms with Gasteiger partial charge in [0.15, 0.2) is 23.0 Å². The van der Waals surface area contributed by atoms with Crippen molar-refractivity contribution in [1.82, 2.24) is 34.1 Å². The molecular weight excluding hydrogens is 648 g/mol. The van der Waals surface area contributed by atoms with Crippen LogP contribution in [0.4, 0.5) is 11.6 Å². The molecule has 4 aromatic rings. The van der Waals surface area contributed by atoms with Gasteiger partial charge in [0.05, 0.1) is 49.4 Å². The zero-order valence-corrected chi connectivity index (χ0v) is 25.4. The van der Waals surface area contributed by atoms with Gasteiger partial charge in [-0.15, -0.1) is 4.52 Å². The first-order valence-corrected chi connectivity index (χ1v) is 17.7. The number of H-pyrrole nitrogens is 1. The predicted molar refractivity (Wildman–Crippen MR) is 157 cm³/mol. The molecule has 2 aliphatic heterocycles. The first-order chi connectivity index (χ1) is 20.5. The SMILES string of the molecule is Nc1nc2c(ncn2[C@@H]2O[C@H](CO)C[C@H]2OP(O)(=S)OC[C@H]2O[C@@H](c3cnc4c(N)ccnn34)C[C@@H]2O[P+](=O)S)c(=O)[nH]1. The fraction of sp³-hybridized carbons (Fsp3) is 0.476. The van der Waals surface area contributed by atoms with Gasteiger partial charge in [0.1, 0.15) is 36.7 Å². The summed E-state index contributed by atoms with van der Waals surface area (Å²) >= 11 is 9.17. The molecule has 230 valence electrons. The molecule has 0 aliphatic carbocycles. The van der Waals surface area contributed by atoms with Crippen molar-refractivity contribution in [3.63, 3.8) is 0 Å². The number of ether oxygens (including phenoxy) is 2. The number of nitrogens with zero attached hydrogens (tertiary/aromatic N) is 6. The molecule has 0 amide bonds. The highest BCUT2D eigenvalue weighted by atomic mass is 32.7. The normalized spacial score (nSPS) is 27.7. The molecule has 2 aliphatic rings. The first-order valence-electron chi connectivity index (χ1n) is 12.7. The number of aromatic nitrogens is 7. The molecule has 2 unspecified atom stereocenters. The molecule has 0 aromatic carbocycles. The summed E-state index contributed by atoms with van der Waals surface area (Å²) in [4.78, 5) is 38.2. The van der Waals surface area contributed by atoms with Gasteiger partial charge in [0, 0.05) is 12.8 Å². The molecule has 22 heteroatoms. The van der Waals surface area contributed by atoms with Crippen molar-refractivity contribution in [3.8, 4) is 0 Å². The van der Waals surface area contributed by atoms with Crippen molar-refractivity contribution in [3.05, 3.63) is 40.8 Å². The summed E-state index contributed by atoms with van der Waals surface area (Å²) in [6.45, 7) is -4.63. The third-order valence-corrected chi connectivity index (χ3v) is 9.28. The lowest BCUT2D eigenvalue weighted by molar-refractivity contribution is -0.0495. The zero-order valence-electron chi connectivity index (χ0n) is 21.9. The van der Waals surface area contributed by atoms with Crippen molar-refractivity contribution >= 4 is 66.5 Å².